The monoisotopic (exact) mass is 217 g/mol. The molecule has 1 rings (SSSR count). The summed E-state index contributed by atoms with van der Waals surface area (Å²) in [4.78, 5) is 0. The highest BCUT2D eigenvalue weighted by molar-refractivity contribution is 5.24. The molecule has 1 N–H and O–H groups in total. The summed E-state index contributed by atoms with van der Waals surface area (Å²) in [6, 6.07) is 9.75. The van der Waals surface area contributed by atoms with Gasteiger partial charge in [0, 0.05) is 12.1 Å². The largest absolute Gasteiger partial charge is 0.307 e. The van der Waals surface area contributed by atoms with Gasteiger partial charge in [0.05, 0.1) is 0 Å². The van der Waals surface area contributed by atoms with Crippen LogP contribution in [0.15, 0.2) is 36.9 Å². The van der Waals surface area contributed by atoms with Crippen LogP contribution in [-0.2, 0) is 6.42 Å². The lowest BCUT2D eigenvalue weighted by Crippen LogP contribution is -2.28. The van der Waals surface area contributed by atoms with Crippen LogP contribution in [0.3, 0.4) is 0 Å². The van der Waals surface area contributed by atoms with E-state index in [1.165, 1.54) is 11.1 Å². The Morgan fingerprint density at radius 3 is 2.38 bits per heavy atom. The first kappa shape index (κ1) is 13.0. The molecule has 0 heterocycles. The Balaban J connectivity index is 2.58. The Bertz CT molecular complexity index is 313. The normalized spacial score (nSPS) is 14.4. The van der Waals surface area contributed by atoms with Gasteiger partial charge in [-0.2, -0.15) is 0 Å². The van der Waals surface area contributed by atoms with Crippen LogP contribution in [0.2, 0.25) is 0 Å². The molecular formula is C15H23N. The molecule has 2 unspecified atom stereocenters. The zero-order valence-corrected chi connectivity index (χ0v) is 10.7. The molecule has 0 amide bonds. The van der Waals surface area contributed by atoms with E-state index in [0.29, 0.717) is 12.1 Å². The van der Waals surface area contributed by atoms with E-state index in [-0.39, 0.29) is 0 Å². The van der Waals surface area contributed by atoms with Crippen LogP contribution >= 0.6 is 0 Å². The number of rotatable bonds is 6. The zero-order valence-electron chi connectivity index (χ0n) is 10.7. The fourth-order valence-corrected chi connectivity index (χ4v) is 1.88. The molecular weight excluding hydrogens is 194 g/mol. The topological polar surface area (TPSA) is 12.0 Å². The average molecular weight is 217 g/mol. The first-order chi connectivity index (χ1) is 7.67. The van der Waals surface area contributed by atoms with E-state index in [4.69, 9.17) is 0 Å². The minimum Gasteiger partial charge on any atom is -0.307 e. The molecule has 0 aliphatic carbocycles. The summed E-state index contributed by atoms with van der Waals surface area (Å²) in [6.45, 7) is 10.3. The van der Waals surface area contributed by atoms with Crippen LogP contribution in [0.5, 0.6) is 0 Å². The van der Waals surface area contributed by atoms with E-state index >= 15 is 0 Å². The van der Waals surface area contributed by atoms with Gasteiger partial charge in [-0.3, -0.25) is 0 Å². The van der Waals surface area contributed by atoms with Crippen molar-refractivity contribution in [2.24, 2.45) is 0 Å². The molecule has 2 atom stereocenters. The second-order valence-corrected chi connectivity index (χ2v) is 4.41. The van der Waals surface area contributed by atoms with Gasteiger partial charge < -0.3 is 5.32 Å². The number of aryl methyl sites for hydroxylation is 1. The lowest BCUT2D eigenvalue weighted by molar-refractivity contribution is 0.482. The van der Waals surface area contributed by atoms with Gasteiger partial charge >= 0.3 is 0 Å². The molecule has 1 aromatic rings. The fourth-order valence-electron chi connectivity index (χ4n) is 1.88. The van der Waals surface area contributed by atoms with Gasteiger partial charge in [-0.25, -0.2) is 0 Å². The minimum absolute atomic E-state index is 0.404. The second-order valence-electron chi connectivity index (χ2n) is 4.41. The summed E-state index contributed by atoms with van der Waals surface area (Å²) in [7, 11) is 0. The van der Waals surface area contributed by atoms with Crippen molar-refractivity contribution >= 4 is 0 Å². The standard InChI is InChI=1S/C15H23N/c1-5-7-12(3)16-13(4)15-10-8-14(6-2)9-11-15/h5,8-13,16H,1,6-7H2,2-4H3. The summed E-state index contributed by atoms with van der Waals surface area (Å²) in [5.41, 5.74) is 2.75. The molecule has 0 spiro atoms. The van der Waals surface area contributed by atoms with Gasteiger partial charge in [-0.05, 0) is 37.8 Å². The summed E-state index contributed by atoms with van der Waals surface area (Å²) >= 11 is 0. The molecule has 88 valence electrons. The summed E-state index contributed by atoms with van der Waals surface area (Å²) < 4.78 is 0. The van der Waals surface area contributed by atoms with Crippen molar-refractivity contribution in [3.63, 3.8) is 0 Å². The molecule has 0 aliphatic heterocycles. The third-order valence-corrected chi connectivity index (χ3v) is 2.94. The van der Waals surface area contributed by atoms with Crippen LogP contribution in [0.25, 0.3) is 0 Å². The van der Waals surface area contributed by atoms with Gasteiger partial charge in [-0.1, -0.05) is 37.3 Å². The second kappa shape index (κ2) is 6.49. The number of nitrogens with one attached hydrogen (secondary N) is 1. The molecule has 0 saturated heterocycles. The highest BCUT2D eigenvalue weighted by Crippen LogP contribution is 2.14. The first-order valence-corrected chi connectivity index (χ1v) is 6.13. The lowest BCUT2D eigenvalue weighted by Gasteiger charge is -2.19. The quantitative estimate of drug-likeness (QED) is 0.713. The van der Waals surface area contributed by atoms with Crippen molar-refractivity contribution in [3.05, 3.63) is 48.0 Å². The van der Waals surface area contributed by atoms with Crippen molar-refractivity contribution in [1.82, 2.24) is 5.32 Å². The van der Waals surface area contributed by atoms with E-state index in [1.54, 1.807) is 0 Å². The van der Waals surface area contributed by atoms with Gasteiger partial charge in [0.25, 0.3) is 0 Å². The fraction of sp³-hybridized carbons (Fsp3) is 0.467. The molecule has 1 aromatic carbocycles. The predicted octanol–water partition coefficient (Wildman–Crippen LogP) is 3.86. The molecule has 1 heteroatoms. The van der Waals surface area contributed by atoms with Crippen LogP contribution in [0, 0.1) is 0 Å². The van der Waals surface area contributed by atoms with Gasteiger partial charge in [0.15, 0.2) is 0 Å². The Morgan fingerprint density at radius 1 is 1.25 bits per heavy atom. The van der Waals surface area contributed by atoms with E-state index in [2.05, 4.69) is 56.9 Å². The average Bonchev–Trinajstić information content (AvgIpc) is 2.29. The third kappa shape index (κ3) is 3.82. The zero-order chi connectivity index (χ0) is 12.0. The van der Waals surface area contributed by atoms with Crippen molar-refractivity contribution < 1.29 is 0 Å². The van der Waals surface area contributed by atoms with Crippen LogP contribution in [-0.4, -0.2) is 6.04 Å². The highest BCUT2D eigenvalue weighted by Gasteiger charge is 2.07. The number of benzene rings is 1. The first-order valence-electron chi connectivity index (χ1n) is 6.13. The van der Waals surface area contributed by atoms with Crippen LogP contribution < -0.4 is 5.32 Å². The van der Waals surface area contributed by atoms with Crippen molar-refractivity contribution in [1.29, 1.82) is 0 Å². The van der Waals surface area contributed by atoms with E-state index < -0.39 is 0 Å². The summed E-state index contributed by atoms with van der Waals surface area (Å²) in [5, 5.41) is 3.56. The molecule has 0 radical (unpaired) electrons. The van der Waals surface area contributed by atoms with Crippen LogP contribution in [0.1, 0.15) is 44.4 Å². The van der Waals surface area contributed by atoms with Crippen molar-refractivity contribution in [2.75, 3.05) is 0 Å². The maximum Gasteiger partial charge on any atom is 0.0294 e. The number of hydrogen-bond donors (Lipinski definition) is 1. The summed E-state index contributed by atoms with van der Waals surface area (Å²) in [6.07, 6.45) is 4.08. The molecule has 0 aromatic heterocycles. The Kier molecular flexibility index (Phi) is 5.27. The van der Waals surface area contributed by atoms with Crippen molar-refractivity contribution in [2.45, 2.75) is 45.7 Å². The SMILES string of the molecule is C=CCC(C)NC(C)c1ccc(CC)cc1. The Labute approximate surface area is 99.6 Å². The Morgan fingerprint density at radius 2 is 1.88 bits per heavy atom. The third-order valence-electron chi connectivity index (χ3n) is 2.94. The molecule has 0 fully saturated rings. The van der Waals surface area contributed by atoms with Gasteiger partial charge in [0.1, 0.15) is 0 Å². The lowest BCUT2D eigenvalue weighted by atomic mass is 10.0. The molecule has 0 saturated carbocycles. The molecule has 16 heavy (non-hydrogen) atoms. The predicted molar refractivity (Wildman–Crippen MR) is 71.6 cm³/mol. The molecule has 0 aliphatic rings. The number of hydrogen-bond acceptors (Lipinski definition) is 1. The van der Waals surface area contributed by atoms with Crippen LogP contribution in [0.4, 0.5) is 0 Å². The maximum absolute atomic E-state index is 3.76. The van der Waals surface area contributed by atoms with E-state index in [1.807, 2.05) is 6.08 Å². The maximum atomic E-state index is 3.76. The highest BCUT2D eigenvalue weighted by atomic mass is 14.9. The van der Waals surface area contributed by atoms with Gasteiger partial charge in [0.2, 0.25) is 0 Å². The minimum atomic E-state index is 0.404. The smallest absolute Gasteiger partial charge is 0.0294 e. The van der Waals surface area contributed by atoms with E-state index in [9.17, 15) is 0 Å². The van der Waals surface area contributed by atoms with Gasteiger partial charge in [-0.15, -0.1) is 6.58 Å². The molecule has 0 bridgehead atoms. The molecule has 1 nitrogen and oxygen atoms in total. The summed E-state index contributed by atoms with van der Waals surface area (Å²) in [5.74, 6) is 0. The van der Waals surface area contributed by atoms with Crippen molar-refractivity contribution in [3.8, 4) is 0 Å². The Hall–Kier alpha value is -1.08. The van der Waals surface area contributed by atoms with E-state index in [0.717, 1.165) is 12.8 Å².